The van der Waals surface area contributed by atoms with Gasteiger partial charge >= 0.3 is 5.97 Å². The first-order chi connectivity index (χ1) is 13.4. The van der Waals surface area contributed by atoms with Crippen molar-refractivity contribution in [3.8, 4) is 0 Å². The lowest BCUT2D eigenvalue weighted by Gasteiger charge is -2.13. The summed E-state index contributed by atoms with van der Waals surface area (Å²) in [7, 11) is 0. The fourth-order valence-electron chi connectivity index (χ4n) is 2.75. The molecule has 0 aliphatic carbocycles. The summed E-state index contributed by atoms with van der Waals surface area (Å²) in [6, 6.07) is 5.25. The summed E-state index contributed by atoms with van der Waals surface area (Å²) in [5.74, 6) is -0.859. The number of carboxylic acid groups (broad SMARTS) is 1. The molecule has 2 aromatic heterocycles. The Morgan fingerprint density at radius 2 is 2.18 bits per heavy atom. The zero-order valence-electron chi connectivity index (χ0n) is 15.0. The Hall–Kier alpha value is -2.72. The zero-order chi connectivity index (χ0) is 20.3. The highest BCUT2D eigenvalue weighted by atomic mass is 32.2. The Morgan fingerprint density at radius 1 is 1.39 bits per heavy atom. The first-order valence-corrected chi connectivity index (χ1v) is 9.87. The molecule has 8 nitrogen and oxygen atoms in total. The Morgan fingerprint density at radius 3 is 2.89 bits per heavy atom. The molecule has 1 aliphatic heterocycles. The third-order valence-corrected chi connectivity index (χ3v) is 5.41. The van der Waals surface area contributed by atoms with Crippen LogP contribution in [0.4, 0.5) is 5.82 Å². The molecule has 10 heteroatoms. The number of aromatic nitrogens is 2. The Bertz CT molecular complexity index is 1050. The van der Waals surface area contributed by atoms with Gasteiger partial charge in [0.25, 0.3) is 11.5 Å². The van der Waals surface area contributed by atoms with Gasteiger partial charge < -0.3 is 10.4 Å². The van der Waals surface area contributed by atoms with Crippen LogP contribution in [0.3, 0.4) is 0 Å². The lowest BCUT2D eigenvalue weighted by molar-refractivity contribution is -0.137. The van der Waals surface area contributed by atoms with E-state index in [1.54, 1.807) is 24.4 Å². The molecule has 3 heterocycles. The highest BCUT2D eigenvalue weighted by Crippen LogP contribution is 2.33. The van der Waals surface area contributed by atoms with Crippen molar-refractivity contribution in [2.75, 3.05) is 18.4 Å². The number of nitrogens with zero attached hydrogens (tertiary/aromatic N) is 3. The number of hydrogen-bond acceptors (Lipinski definition) is 7. The van der Waals surface area contributed by atoms with Gasteiger partial charge in [-0.3, -0.25) is 23.7 Å². The van der Waals surface area contributed by atoms with Gasteiger partial charge in [-0.05, 0) is 31.6 Å². The molecule has 1 aliphatic rings. The largest absolute Gasteiger partial charge is 0.481 e. The predicted molar refractivity (Wildman–Crippen MR) is 112 cm³/mol. The van der Waals surface area contributed by atoms with Crippen molar-refractivity contribution < 1.29 is 14.7 Å². The fraction of sp³-hybridized carbons (Fsp3) is 0.278. The highest BCUT2D eigenvalue weighted by Gasteiger charge is 2.32. The lowest BCUT2D eigenvalue weighted by atomic mass is 10.2. The van der Waals surface area contributed by atoms with E-state index < -0.39 is 5.97 Å². The summed E-state index contributed by atoms with van der Waals surface area (Å²) >= 11 is 6.34. The van der Waals surface area contributed by atoms with Crippen molar-refractivity contribution in [1.82, 2.24) is 14.3 Å². The van der Waals surface area contributed by atoms with Gasteiger partial charge in [-0.1, -0.05) is 30.0 Å². The maximum absolute atomic E-state index is 12.9. The summed E-state index contributed by atoms with van der Waals surface area (Å²) in [6.07, 6.45) is 3.38. The Labute approximate surface area is 170 Å². The number of pyridine rings is 1. The summed E-state index contributed by atoms with van der Waals surface area (Å²) in [5.41, 5.74) is 0.483. The molecule has 146 valence electrons. The monoisotopic (exact) mass is 418 g/mol. The summed E-state index contributed by atoms with van der Waals surface area (Å²) in [6.45, 7) is 2.68. The van der Waals surface area contributed by atoms with Crippen LogP contribution in [-0.4, -0.2) is 48.7 Å². The molecule has 0 unspecified atom stereocenters. The lowest BCUT2D eigenvalue weighted by Crippen LogP contribution is -2.29. The SMILES string of the molecule is CCNc1nc2ccccn2c(=O)c1/C=C1/SC(=S)N(CCCC(=O)O)C1=O. The second kappa shape index (κ2) is 8.53. The quantitative estimate of drug-likeness (QED) is 0.521. The van der Waals surface area contributed by atoms with Crippen LogP contribution in [0.15, 0.2) is 34.1 Å². The molecule has 0 radical (unpaired) electrons. The van der Waals surface area contributed by atoms with E-state index in [1.165, 1.54) is 15.4 Å². The van der Waals surface area contributed by atoms with Gasteiger partial charge in [0.05, 0.1) is 10.5 Å². The number of carboxylic acids is 1. The van der Waals surface area contributed by atoms with Gasteiger partial charge in [0, 0.05) is 25.7 Å². The van der Waals surface area contributed by atoms with Crippen LogP contribution in [0.25, 0.3) is 11.7 Å². The molecule has 0 atom stereocenters. The van der Waals surface area contributed by atoms with Crippen molar-refractivity contribution in [1.29, 1.82) is 0 Å². The summed E-state index contributed by atoms with van der Waals surface area (Å²) in [4.78, 5) is 42.5. The molecule has 0 saturated carbocycles. The van der Waals surface area contributed by atoms with Crippen LogP contribution >= 0.6 is 24.0 Å². The van der Waals surface area contributed by atoms with Crippen molar-refractivity contribution in [2.24, 2.45) is 0 Å². The maximum atomic E-state index is 12.9. The topological polar surface area (TPSA) is 104 Å². The van der Waals surface area contributed by atoms with Crippen molar-refractivity contribution in [3.63, 3.8) is 0 Å². The Kier molecular flexibility index (Phi) is 6.10. The van der Waals surface area contributed by atoms with Crippen LogP contribution in [0.5, 0.6) is 0 Å². The molecule has 2 N–H and O–H groups in total. The van der Waals surface area contributed by atoms with E-state index in [9.17, 15) is 14.4 Å². The number of thioether (sulfide) groups is 1. The Balaban J connectivity index is 1.97. The number of anilines is 1. The van der Waals surface area contributed by atoms with Crippen molar-refractivity contribution >= 4 is 57.7 Å². The third-order valence-electron chi connectivity index (χ3n) is 4.03. The van der Waals surface area contributed by atoms with E-state index in [2.05, 4.69) is 10.3 Å². The number of nitrogens with one attached hydrogen (secondary N) is 1. The van der Waals surface area contributed by atoms with E-state index in [0.717, 1.165) is 11.8 Å². The normalized spacial score (nSPS) is 15.6. The minimum absolute atomic E-state index is 0.0450. The molecular weight excluding hydrogens is 400 g/mol. The molecule has 1 amide bonds. The van der Waals surface area contributed by atoms with Gasteiger partial charge in [-0.2, -0.15) is 0 Å². The first kappa shape index (κ1) is 20.0. The number of amides is 1. The number of aliphatic carboxylic acids is 1. The molecule has 0 aromatic carbocycles. The smallest absolute Gasteiger partial charge is 0.303 e. The van der Waals surface area contributed by atoms with Crippen LogP contribution in [0.2, 0.25) is 0 Å². The van der Waals surface area contributed by atoms with Gasteiger partial charge in [-0.25, -0.2) is 4.98 Å². The summed E-state index contributed by atoms with van der Waals surface area (Å²) < 4.78 is 1.76. The molecule has 1 fully saturated rings. The molecule has 0 spiro atoms. The molecule has 28 heavy (non-hydrogen) atoms. The minimum atomic E-state index is -0.925. The second-order valence-corrected chi connectivity index (χ2v) is 7.64. The standard InChI is InChI=1S/C18H18N4O4S2/c1-2-19-15-11(16(25)21-8-4-3-6-13(21)20-15)10-12-17(26)22(18(27)28-12)9-5-7-14(23)24/h3-4,6,8,10,19H,2,5,7,9H2,1H3,(H,23,24)/b12-10+. The van der Waals surface area contributed by atoms with Crippen molar-refractivity contribution in [3.05, 3.63) is 45.2 Å². The average Bonchev–Trinajstić information content (AvgIpc) is 2.92. The predicted octanol–water partition coefficient (Wildman–Crippen LogP) is 2.19. The number of carbonyl (C=O) groups excluding carboxylic acids is 1. The van der Waals surface area contributed by atoms with Crippen LogP contribution < -0.4 is 10.9 Å². The van der Waals surface area contributed by atoms with Crippen LogP contribution in [0.1, 0.15) is 25.3 Å². The van der Waals surface area contributed by atoms with E-state index in [4.69, 9.17) is 17.3 Å². The van der Waals surface area contributed by atoms with Gasteiger partial charge in [0.1, 0.15) is 15.8 Å². The molecule has 2 aromatic rings. The molecular formula is C18H18N4O4S2. The molecule has 0 bridgehead atoms. The van der Waals surface area contributed by atoms with E-state index in [0.29, 0.717) is 33.7 Å². The number of carbonyl (C=O) groups is 2. The maximum Gasteiger partial charge on any atom is 0.303 e. The molecule has 3 rings (SSSR count). The average molecular weight is 419 g/mol. The number of thiocarbonyl (C=S) groups is 1. The fourth-order valence-corrected chi connectivity index (χ4v) is 4.04. The van der Waals surface area contributed by atoms with Gasteiger partial charge in [0.2, 0.25) is 0 Å². The van der Waals surface area contributed by atoms with Gasteiger partial charge in [0.15, 0.2) is 0 Å². The number of rotatable bonds is 7. The minimum Gasteiger partial charge on any atom is -0.481 e. The number of hydrogen-bond donors (Lipinski definition) is 2. The highest BCUT2D eigenvalue weighted by molar-refractivity contribution is 8.26. The first-order valence-electron chi connectivity index (χ1n) is 8.64. The second-order valence-electron chi connectivity index (χ2n) is 5.97. The van der Waals surface area contributed by atoms with Gasteiger partial charge in [-0.15, -0.1) is 0 Å². The molecule has 1 saturated heterocycles. The number of fused-ring (bicyclic) bond motifs is 1. The van der Waals surface area contributed by atoms with E-state index in [-0.39, 0.29) is 30.0 Å². The van der Waals surface area contributed by atoms with Crippen LogP contribution in [-0.2, 0) is 9.59 Å². The van der Waals surface area contributed by atoms with E-state index >= 15 is 0 Å². The zero-order valence-corrected chi connectivity index (χ0v) is 16.7. The summed E-state index contributed by atoms with van der Waals surface area (Å²) in [5, 5.41) is 11.8. The van der Waals surface area contributed by atoms with Crippen molar-refractivity contribution in [2.45, 2.75) is 19.8 Å². The third kappa shape index (κ3) is 4.07. The van der Waals surface area contributed by atoms with E-state index in [1.807, 2.05) is 6.92 Å². The van der Waals surface area contributed by atoms with Crippen LogP contribution in [0, 0.1) is 0 Å².